The first-order valence-electron chi connectivity index (χ1n) is 5.13. The van der Waals surface area contributed by atoms with E-state index in [1.807, 2.05) is 48.3 Å². The smallest absolute Gasteiger partial charge is 0.107 e. The number of thiocarbonyl (C=S) groups is 1. The normalized spacial score (nSPS) is 10.5. The van der Waals surface area contributed by atoms with Crippen molar-refractivity contribution in [3.05, 3.63) is 41.7 Å². The van der Waals surface area contributed by atoms with Gasteiger partial charge >= 0.3 is 0 Å². The molecule has 0 saturated carbocycles. The highest BCUT2D eigenvalue weighted by Crippen LogP contribution is 2.25. The van der Waals surface area contributed by atoms with Crippen molar-refractivity contribution in [3.63, 3.8) is 0 Å². The van der Waals surface area contributed by atoms with Crippen LogP contribution in [0.25, 0.3) is 5.69 Å². The summed E-state index contributed by atoms with van der Waals surface area (Å²) in [6.45, 7) is 1.95. The molecular formula is C12H13N3S2. The number of nitrogens with zero attached hydrogens (tertiary/aromatic N) is 2. The van der Waals surface area contributed by atoms with E-state index in [1.165, 1.54) is 0 Å². The molecule has 0 spiro atoms. The standard InChI is InChI=1S/C12H13N3S2/c1-8-6-7-15(14-8)9-4-3-5-10(17-2)11(9)12(13)16/h3-7H,1-2H3,(H2,13,16). The lowest BCUT2D eigenvalue weighted by Gasteiger charge is -2.12. The Bertz CT molecular complexity index is 561. The zero-order valence-corrected chi connectivity index (χ0v) is 11.3. The predicted octanol–water partition coefficient (Wildman–Crippen LogP) is 2.54. The molecule has 1 aromatic carbocycles. The zero-order valence-electron chi connectivity index (χ0n) is 9.68. The first-order chi connectivity index (χ1) is 8.13. The Balaban J connectivity index is 2.65. The highest BCUT2D eigenvalue weighted by atomic mass is 32.2. The van der Waals surface area contributed by atoms with Crippen molar-refractivity contribution in [2.45, 2.75) is 11.8 Å². The minimum atomic E-state index is 0.401. The first kappa shape index (κ1) is 12.1. The van der Waals surface area contributed by atoms with Crippen LogP contribution in [-0.2, 0) is 0 Å². The zero-order chi connectivity index (χ0) is 12.4. The summed E-state index contributed by atoms with van der Waals surface area (Å²) >= 11 is 6.76. The van der Waals surface area contributed by atoms with Crippen molar-refractivity contribution < 1.29 is 0 Å². The number of aromatic nitrogens is 2. The largest absolute Gasteiger partial charge is 0.389 e. The summed E-state index contributed by atoms with van der Waals surface area (Å²) in [6, 6.07) is 7.93. The number of hydrogen-bond donors (Lipinski definition) is 1. The maximum Gasteiger partial charge on any atom is 0.107 e. The highest BCUT2D eigenvalue weighted by Gasteiger charge is 2.12. The fourth-order valence-corrected chi connectivity index (χ4v) is 2.59. The van der Waals surface area contributed by atoms with Crippen molar-refractivity contribution in [3.8, 4) is 5.69 Å². The summed E-state index contributed by atoms with van der Waals surface area (Å²) in [5.41, 5.74) is 8.59. The number of rotatable bonds is 3. The number of thioether (sulfide) groups is 1. The van der Waals surface area contributed by atoms with E-state index in [0.29, 0.717) is 4.99 Å². The topological polar surface area (TPSA) is 43.8 Å². The Labute approximate surface area is 110 Å². The summed E-state index contributed by atoms with van der Waals surface area (Å²) in [5.74, 6) is 0. The van der Waals surface area contributed by atoms with E-state index in [-0.39, 0.29) is 0 Å². The Morgan fingerprint density at radius 1 is 1.41 bits per heavy atom. The molecule has 1 heterocycles. The molecular weight excluding hydrogens is 250 g/mol. The molecule has 1 aromatic heterocycles. The second kappa shape index (κ2) is 4.89. The minimum absolute atomic E-state index is 0.401. The van der Waals surface area contributed by atoms with Gasteiger partial charge in [-0.3, -0.25) is 0 Å². The molecule has 0 radical (unpaired) electrons. The lowest BCUT2D eigenvalue weighted by Crippen LogP contribution is -2.15. The molecule has 2 aromatic rings. The van der Waals surface area contributed by atoms with Crippen molar-refractivity contribution >= 4 is 29.0 Å². The molecule has 0 bridgehead atoms. The average molecular weight is 263 g/mol. The monoisotopic (exact) mass is 263 g/mol. The fourth-order valence-electron chi connectivity index (χ4n) is 1.68. The van der Waals surface area contributed by atoms with Crippen LogP contribution in [0.5, 0.6) is 0 Å². The van der Waals surface area contributed by atoms with E-state index in [1.54, 1.807) is 11.8 Å². The fraction of sp³-hybridized carbons (Fsp3) is 0.167. The van der Waals surface area contributed by atoms with Gasteiger partial charge in [0.15, 0.2) is 0 Å². The molecule has 0 fully saturated rings. The van der Waals surface area contributed by atoms with Crippen molar-refractivity contribution in [1.29, 1.82) is 0 Å². The second-order valence-electron chi connectivity index (χ2n) is 3.62. The molecule has 0 aliphatic carbocycles. The summed E-state index contributed by atoms with van der Waals surface area (Å²) in [4.78, 5) is 1.47. The van der Waals surface area contributed by atoms with Crippen LogP contribution >= 0.6 is 24.0 Å². The summed E-state index contributed by atoms with van der Waals surface area (Å²) in [5, 5.41) is 4.39. The van der Waals surface area contributed by atoms with Gasteiger partial charge in [0.05, 0.1) is 11.4 Å². The summed E-state index contributed by atoms with van der Waals surface area (Å²) in [6.07, 6.45) is 3.92. The summed E-state index contributed by atoms with van der Waals surface area (Å²) < 4.78 is 1.81. The van der Waals surface area contributed by atoms with Crippen LogP contribution in [0, 0.1) is 6.92 Å². The van der Waals surface area contributed by atoms with E-state index in [4.69, 9.17) is 18.0 Å². The highest BCUT2D eigenvalue weighted by molar-refractivity contribution is 7.98. The molecule has 5 heteroatoms. The van der Waals surface area contributed by atoms with Gasteiger partial charge in [0, 0.05) is 16.7 Å². The molecule has 0 saturated heterocycles. The Morgan fingerprint density at radius 3 is 2.71 bits per heavy atom. The second-order valence-corrected chi connectivity index (χ2v) is 4.91. The average Bonchev–Trinajstić information content (AvgIpc) is 2.74. The van der Waals surface area contributed by atoms with Gasteiger partial charge < -0.3 is 5.73 Å². The molecule has 2 N–H and O–H groups in total. The van der Waals surface area contributed by atoms with Crippen LogP contribution in [0.3, 0.4) is 0 Å². The Hall–Kier alpha value is -1.33. The van der Waals surface area contributed by atoms with Crippen LogP contribution < -0.4 is 5.73 Å². The lowest BCUT2D eigenvalue weighted by atomic mass is 10.2. The third-order valence-corrected chi connectivity index (χ3v) is 3.42. The van der Waals surface area contributed by atoms with Crippen LogP contribution in [0.15, 0.2) is 35.4 Å². The molecule has 0 unspecified atom stereocenters. The number of nitrogens with two attached hydrogens (primary N) is 1. The van der Waals surface area contributed by atoms with E-state index in [9.17, 15) is 0 Å². The van der Waals surface area contributed by atoms with Gasteiger partial charge in [0.25, 0.3) is 0 Å². The summed E-state index contributed by atoms with van der Waals surface area (Å²) in [7, 11) is 0. The molecule has 2 rings (SSSR count). The molecule has 0 atom stereocenters. The van der Waals surface area contributed by atoms with Gasteiger partial charge in [-0.15, -0.1) is 11.8 Å². The van der Waals surface area contributed by atoms with E-state index in [0.717, 1.165) is 21.8 Å². The molecule has 0 aliphatic heterocycles. The third kappa shape index (κ3) is 2.35. The molecule has 0 amide bonds. The Kier molecular flexibility index (Phi) is 3.49. The van der Waals surface area contributed by atoms with E-state index < -0.39 is 0 Å². The number of hydrogen-bond acceptors (Lipinski definition) is 3. The Morgan fingerprint density at radius 2 is 2.18 bits per heavy atom. The molecule has 3 nitrogen and oxygen atoms in total. The van der Waals surface area contributed by atoms with Gasteiger partial charge in [-0.1, -0.05) is 18.3 Å². The van der Waals surface area contributed by atoms with Gasteiger partial charge in [-0.2, -0.15) is 5.10 Å². The van der Waals surface area contributed by atoms with E-state index in [2.05, 4.69) is 5.10 Å². The quantitative estimate of drug-likeness (QED) is 0.682. The minimum Gasteiger partial charge on any atom is -0.389 e. The maximum absolute atomic E-state index is 5.81. The van der Waals surface area contributed by atoms with Gasteiger partial charge in [0.1, 0.15) is 4.99 Å². The number of aryl methyl sites for hydroxylation is 1. The predicted molar refractivity (Wildman–Crippen MR) is 76.0 cm³/mol. The van der Waals surface area contributed by atoms with Crippen LogP contribution in [0.4, 0.5) is 0 Å². The van der Waals surface area contributed by atoms with Crippen LogP contribution in [-0.4, -0.2) is 21.0 Å². The van der Waals surface area contributed by atoms with Crippen LogP contribution in [0.2, 0.25) is 0 Å². The van der Waals surface area contributed by atoms with Crippen molar-refractivity contribution in [2.24, 2.45) is 5.73 Å². The van der Waals surface area contributed by atoms with Crippen molar-refractivity contribution in [1.82, 2.24) is 9.78 Å². The van der Waals surface area contributed by atoms with E-state index >= 15 is 0 Å². The first-order valence-corrected chi connectivity index (χ1v) is 6.76. The SMILES string of the molecule is CSc1cccc(-n2ccc(C)n2)c1C(N)=S. The maximum atomic E-state index is 5.81. The molecule has 0 aliphatic rings. The molecule has 17 heavy (non-hydrogen) atoms. The van der Waals surface area contributed by atoms with Gasteiger partial charge in [-0.25, -0.2) is 4.68 Å². The van der Waals surface area contributed by atoms with Gasteiger partial charge in [-0.05, 0) is 31.4 Å². The van der Waals surface area contributed by atoms with Crippen LogP contribution in [0.1, 0.15) is 11.3 Å². The lowest BCUT2D eigenvalue weighted by molar-refractivity contribution is 0.857. The molecule has 88 valence electrons. The van der Waals surface area contributed by atoms with Gasteiger partial charge in [0.2, 0.25) is 0 Å². The third-order valence-electron chi connectivity index (χ3n) is 2.44. The van der Waals surface area contributed by atoms with Crippen molar-refractivity contribution in [2.75, 3.05) is 6.26 Å². The number of benzene rings is 1.